The Hall–Kier alpha value is -2.47. The predicted octanol–water partition coefficient (Wildman–Crippen LogP) is 4.77. The number of methoxy groups -OCH3 is 3. The van der Waals surface area contributed by atoms with E-state index in [1.54, 1.807) is 27.5 Å². The van der Waals surface area contributed by atoms with Gasteiger partial charge in [-0.05, 0) is 30.3 Å². The van der Waals surface area contributed by atoms with Crippen LogP contribution in [-0.4, -0.2) is 26.3 Å². The molecule has 0 bridgehead atoms. The molecule has 0 aliphatic heterocycles. The van der Waals surface area contributed by atoms with Crippen LogP contribution in [-0.2, 0) is 0 Å². The van der Waals surface area contributed by atoms with Gasteiger partial charge in [0.05, 0.1) is 21.3 Å². The van der Waals surface area contributed by atoms with E-state index in [-0.39, 0.29) is 0 Å². The number of aromatic nitrogens is 1. The Morgan fingerprint density at radius 2 is 1.75 bits per heavy atom. The summed E-state index contributed by atoms with van der Waals surface area (Å²) in [6.45, 7) is 0. The topological polar surface area (TPSA) is 52.6 Å². The molecule has 1 N–H and O–H groups in total. The summed E-state index contributed by atoms with van der Waals surface area (Å²) in [6, 6.07) is 11.8. The van der Waals surface area contributed by atoms with Crippen molar-refractivity contribution in [3.63, 3.8) is 0 Å². The normalized spacial score (nSPS) is 10.5. The van der Waals surface area contributed by atoms with Gasteiger partial charge in [-0.2, -0.15) is 0 Å². The molecule has 0 saturated heterocycles. The quantitative estimate of drug-likeness (QED) is 0.682. The molecule has 0 aliphatic rings. The summed E-state index contributed by atoms with van der Waals surface area (Å²) in [6.07, 6.45) is 1.73. The van der Waals surface area contributed by atoms with Crippen LogP contribution in [0.25, 0.3) is 10.9 Å². The maximum atomic E-state index is 5.51. The van der Waals surface area contributed by atoms with Gasteiger partial charge >= 0.3 is 0 Å². The fraction of sp³-hybridized carbons (Fsp3) is 0.167. The largest absolute Gasteiger partial charge is 0.493 e. The Morgan fingerprint density at radius 1 is 0.958 bits per heavy atom. The summed E-state index contributed by atoms with van der Waals surface area (Å²) in [5.41, 5.74) is 2.57. The van der Waals surface area contributed by atoms with Gasteiger partial charge in [-0.25, -0.2) is 0 Å². The number of pyridine rings is 1. The van der Waals surface area contributed by atoms with E-state index in [4.69, 9.17) is 14.2 Å². The van der Waals surface area contributed by atoms with Crippen molar-refractivity contribution in [3.05, 3.63) is 47.1 Å². The van der Waals surface area contributed by atoms with Crippen molar-refractivity contribution in [2.75, 3.05) is 26.6 Å². The minimum Gasteiger partial charge on any atom is -0.493 e. The highest BCUT2D eigenvalue weighted by Crippen LogP contribution is 2.44. The van der Waals surface area contributed by atoms with E-state index in [1.807, 2.05) is 36.4 Å². The summed E-state index contributed by atoms with van der Waals surface area (Å²) >= 11 is 3.48. The number of anilines is 2. The molecule has 0 radical (unpaired) electrons. The number of nitrogens with zero attached hydrogens (tertiary/aromatic N) is 1. The Morgan fingerprint density at radius 3 is 2.42 bits per heavy atom. The molecule has 3 rings (SSSR count). The monoisotopic (exact) mass is 388 g/mol. The highest BCUT2D eigenvalue weighted by molar-refractivity contribution is 9.10. The molecule has 24 heavy (non-hydrogen) atoms. The Labute approximate surface area is 148 Å². The lowest BCUT2D eigenvalue weighted by Gasteiger charge is -2.16. The molecule has 0 aliphatic carbocycles. The Balaban J connectivity index is 2.19. The van der Waals surface area contributed by atoms with Gasteiger partial charge in [-0.1, -0.05) is 22.0 Å². The molecule has 3 aromatic rings. The van der Waals surface area contributed by atoms with E-state index in [0.717, 1.165) is 21.2 Å². The van der Waals surface area contributed by atoms with E-state index in [0.29, 0.717) is 22.8 Å². The summed E-state index contributed by atoms with van der Waals surface area (Å²) in [5.74, 6) is 1.66. The van der Waals surface area contributed by atoms with Crippen molar-refractivity contribution < 1.29 is 14.2 Å². The van der Waals surface area contributed by atoms with E-state index < -0.39 is 0 Å². The SMILES string of the molecule is COc1cc2c(Nc3cccc(Br)c3)ccnc2c(OC)c1OC. The third-order valence-corrected chi connectivity index (χ3v) is 4.14. The van der Waals surface area contributed by atoms with Crippen molar-refractivity contribution in [3.8, 4) is 17.2 Å². The number of hydrogen-bond acceptors (Lipinski definition) is 5. The van der Waals surface area contributed by atoms with Gasteiger partial charge < -0.3 is 19.5 Å². The van der Waals surface area contributed by atoms with Crippen molar-refractivity contribution in [1.29, 1.82) is 0 Å². The molecule has 0 fully saturated rings. The van der Waals surface area contributed by atoms with E-state index in [2.05, 4.69) is 26.2 Å². The number of ether oxygens (including phenoxy) is 3. The van der Waals surface area contributed by atoms with Gasteiger partial charge in [0.15, 0.2) is 11.5 Å². The maximum Gasteiger partial charge on any atom is 0.205 e. The van der Waals surface area contributed by atoms with Crippen molar-refractivity contribution >= 4 is 38.2 Å². The second-order valence-electron chi connectivity index (χ2n) is 5.04. The van der Waals surface area contributed by atoms with E-state index in [1.165, 1.54) is 0 Å². The average Bonchev–Trinajstić information content (AvgIpc) is 2.60. The van der Waals surface area contributed by atoms with Gasteiger partial charge in [-0.3, -0.25) is 4.98 Å². The molecule has 124 valence electrons. The van der Waals surface area contributed by atoms with Crippen LogP contribution < -0.4 is 19.5 Å². The van der Waals surface area contributed by atoms with Crippen LogP contribution in [0.5, 0.6) is 17.2 Å². The van der Waals surface area contributed by atoms with Crippen LogP contribution in [0, 0.1) is 0 Å². The summed E-state index contributed by atoms with van der Waals surface area (Å²) in [5, 5.41) is 4.29. The second-order valence-corrected chi connectivity index (χ2v) is 5.95. The van der Waals surface area contributed by atoms with Crippen LogP contribution >= 0.6 is 15.9 Å². The first kappa shape index (κ1) is 16.4. The Bertz CT molecular complexity index is 884. The van der Waals surface area contributed by atoms with Crippen LogP contribution in [0.2, 0.25) is 0 Å². The van der Waals surface area contributed by atoms with Gasteiger partial charge in [0, 0.05) is 27.4 Å². The average molecular weight is 389 g/mol. The highest BCUT2D eigenvalue weighted by atomic mass is 79.9. The fourth-order valence-corrected chi connectivity index (χ4v) is 2.98. The molecule has 0 atom stereocenters. The van der Waals surface area contributed by atoms with Gasteiger partial charge in [0.25, 0.3) is 0 Å². The van der Waals surface area contributed by atoms with Gasteiger partial charge in [0.2, 0.25) is 5.75 Å². The molecule has 0 saturated carbocycles. The van der Waals surface area contributed by atoms with Crippen molar-refractivity contribution in [1.82, 2.24) is 4.98 Å². The Kier molecular flexibility index (Phi) is 4.76. The number of nitrogens with one attached hydrogen (secondary N) is 1. The molecule has 0 unspecified atom stereocenters. The lowest BCUT2D eigenvalue weighted by Crippen LogP contribution is -1.99. The smallest absolute Gasteiger partial charge is 0.205 e. The number of rotatable bonds is 5. The molecule has 1 heterocycles. The molecular weight excluding hydrogens is 372 g/mol. The van der Waals surface area contributed by atoms with Gasteiger partial charge in [-0.15, -0.1) is 0 Å². The van der Waals surface area contributed by atoms with Crippen molar-refractivity contribution in [2.24, 2.45) is 0 Å². The first-order valence-electron chi connectivity index (χ1n) is 7.28. The zero-order valence-corrected chi connectivity index (χ0v) is 15.2. The van der Waals surface area contributed by atoms with Crippen LogP contribution in [0.1, 0.15) is 0 Å². The predicted molar refractivity (Wildman–Crippen MR) is 98.8 cm³/mol. The number of hydrogen-bond donors (Lipinski definition) is 1. The highest BCUT2D eigenvalue weighted by Gasteiger charge is 2.18. The fourth-order valence-electron chi connectivity index (χ4n) is 2.58. The second kappa shape index (κ2) is 6.97. The van der Waals surface area contributed by atoms with Crippen LogP contribution in [0.3, 0.4) is 0 Å². The molecule has 5 nitrogen and oxygen atoms in total. The number of fused-ring (bicyclic) bond motifs is 1. The molecule has 0 amide bonds. The molecule has 0 spiro atoms. The zero-order valence-electron chi connectivity index (χ0n) is 13.6. The third kappa shape index (κ3) is 2.97. The lowest BCUT2D eigenvalue weighted by molar-refractivity contribution is 0.327. The van der Waals surface area contributed by atoms with Gasteiger partial charge in [0.1, 0.15) is 5.52 Å². The minimum absolute atomic E-state index is 0.527. The zero-order chi connectivity index (χ0) is 17.1. The number of benzene rings is 2. The first-order chi connectivity index (χ1) is 11.7. The third-order valence-electron chi connectivity index (χ3n) is 3.64. The summed E-state index contributed by atoms with van der Waals surface area (Å²) in [7, 11) is 4.77. The van der Waals surface area contributed by atoms with E-state index >= 15 is 0 Å². The van der Waals surface area contributed by atoms with Crippen molar-refractivity contribution in [2.45, 2.75) is 0 Å². The minimum atomic E-state index is 0.527. The lowest BCUT2D eigenvalue weighted by atomic mass is 10.1. The number of halogens is 1. The molecular formula is C18H17BrN2O3. The van der Waals surface area contributed by atoms with E-state index in [9.17, 15) is 0 Å². The maximum absolute atomic E-state index is 5.51. The molecule has 2 aromatic carbocycles. The van der Waals surface area contributed by atoms with Crippen LogP contribution in [0.4, 0.5) is 11.4 Å². The summed E-state index contributed by atoms with van der Waals surface area (Å²) < 4.78 is 17.4. The van der Waals surface area contributed by atoms with Crippen LogP contribution in [0.15, 0.2) is 47.1 Å². The molecule has 1 aromatic heterocycles. The summed E-state index contributed by atoms with van der Waals surface area (Å²) in [4.78, 5) is 4.45. The molecule has 6 heteroatoms. The first-order valence-corrected chi connectivity index (χ1v) is 8.07. The standard InChI is InChI=1S/C18H17BrN2O3/c1-22-15-10-13-14(21-12-6-4-5-11(19)9-12)7-8-20-16(13)18(24-3)17(15)23-2/h4-10H,1-3H3,(H,20,21).